The Morgan fingerprint density at radius 1 is 0.857 bits per heavy atom. The van der Waals surface area contributed by atoms with Crippen molar-refractivity contribution >= 4 is 9.52 Å². The fourth-order valence-electron chi connectivity index (χ4n) is 2.29. The van der Waals surface area contributed by atoms with Crippen LogP contribution in [0.5, 0.6) is 0 Å². The molecule has 14 heavy (non-hydrogen) atoms. The van der Waals surface area contributed by atoms with E-state index in [1.807, 2.05) is 5.20 Å². The molecule has 1 aliphatic rings. The number of hydrogen-bond acceptors (Lipinski definition) is 0. The predicted molar refractivity (Wildman–Crippen MR) is 68.7 cm³/mol. The Kier molecular flexibility index (Phi) is 7.11. The van der Waals surface area contributed by atoms with Crippen LogP contribution in [-0.2, 0) is 0 Å². The molecule has 1 aliphatic carbocycles. The summed E-state index contributed by atoms with van der Waals surface area (Å²) in [6.07, 6.45) is 17.2. The lowest BCUT2D eigenvalue weighted by molar-refractivity contribution is 0.565. The molecule has 0 bridgehead atoms. The van der Waals surface area contributed by atoms with Crippen LogP contribution in [0.1, 0.15) is 64.2 Å². The Balaban J connectivity index is 2.29. The van der Waals surface area contributed by atoms with Crippen molar-refractivity contribution in [3.63, 3.8) is 0 Å². The SMILES string of the molecule is C[SiH2]C1=CCCCCCCCCCC1. The van der Waals surface area contributed by atoms with E-state index >= 15 is 0 Å². The fourth-order valence-corrected chi connectivity index (χ4v) is 3.38. The summed E-state index contributed by atoms with van der Waals surface area (Å²) in [7, 11) is 0.145. The summed E-state index contributed by atoms with van der Waals surface area (Å²) in [6, 6.07) is 0. The minimum Gasteiger partial charge on any atom is -0.0921 e. The van der Waals surface area contributed by atoms with Gasteiger partial charge in [0.25, 0.3) is 0 Å². The second kappa shape index (κ2) is 8.28. The minimum atomic E-state index is 0.145. The van der Waals surface area contributed by atoms with Gasteiger partial charge in [-0.3, -0.25) is 0 Å². The van der Waals surface area contributed by atoms with Crippen LogP contribution in [0.3, 0.4) is 0 Å². The smallest absolute Gasteiger partial charge is 0.0461 e. The van der Waals surface area contributed by atoms with Crippen molar-refractivity contribution in [2.75, 3.05) is 0 Å². The van der Waals surface area contributed by atoms with E-state index in [4.69, 9.17) is 0 Å². The Bertz CT molecular complexity index is 161. The first-order valence-corrected chi connectivity index (χ1v) is 8.73. The van der Waals surface area contributed by atoms with Crippen LogP contribution < -0.4 is 0 Å². The third kappa shape index (κ3) is 5.64. The molecule has 0 amide bonds. The average Bonchev–Trinajstić information content (AvgIpc) is 2.19. The summed E-state index contributed by atoms with van der Waals surface area (Å²) in [5.74, 6) is 0. The monoisotopic (exact) mass is 210 g/mol. The zero-order chi connectivity index (χ0) is 10.1. The molecule has 0 fully saturated rings. The largest absolute Gasteiger partial charge is 0.0921 e. The number of rotatable bonds is 1. The van der Waals surface area contributed by atoms with Crippen molar-refractivity contribution in [3.8, 4) is 0 Å². The molecule has 0 spiro atoms. The Hall–Kier alpha value is -0.0431. The van der Waals surface area contributed by atoms with Gasteiger partial charge in [0.15, 0.2) is 0 Å². The van der Waals surface area contributed by atoms with Gasteiger partial charge in [0.2, 0.25) is 0 Å². The van der Waals surface area contributed by atoms with E-state index in [9.17, 15) is 0 Å². The molecule has 0 aromatic rings. The number of allylic oxidation sites excluding steroid dienone is 2. The molecule has 0 aromatic carbocycles. The summed E-state index contributed by atoms with van der Waals surface area (Å²) >= 11 is 0. The maximum atomic E-state index is 2.58. The maximum absolute atomic E-state index is 2.58. The molecular formula is C13H26Si. The first-order chi connectivity index (χ1) is 6.93. The highest BCUT2D eigenvalue weighted by molar-refractivity contribution is 6.43. The van der Waals surface area contributed by atoms with Gasteiger partial charge in [0, 0.05) is 9.52 Å². The van der Waals surface area contributed by atoms with E-state index in [2.05, 4.69) is 12.6 Å². The van der Waals surface area contributed by atoms with Crippen LogP contribution in [0.15, 0.2) is 11.3 Å². The quantitative estimate of drug-likeness (QED) is 0.574. The van der Waals surface area contributed by atoms with Gasteiger partial charge in [-0.2, -0.15) is 0 Å². The van der Waals surface area contributed by atoms with Crippen molar-refractivity contribution in [1.29, 1.82) is 0 Å². The second-order valence-corrected chi connectivity index (χ2v) is 6.20. The van der Waals surface area contributed by atoms with Crippen molar-refractivity contribution in [1.82, 2.24) is 0 Å². The van der Waals surface area contributed by atoms with Gasteiger partial charge >= 0.3 is 0 Å². The normalized spacial score (nSPS) is 22.8. The maximum Gasteiger partial charge on any atom is 0.0461 e. The lowest BCUT2D eigenvalue weighted by Crippen LogP contribution is -1.93. The van der Waals surface area contributed by atoms with Crippen LogP contribution in [0, 0.1) is 0 Å². The average molecular weight is 210 g/mol. The highest BCUT2D eigenvalue weighted by atomic mass is 28.2. The molecule has 0 radical (unpaired) electrons. The van der Waals surface area contributed by atoms with Crippen molar-refractivity contribution in [2.45, 2.75) is 70.8 Å². The third-order valence-corrected chi connectivity index (χ3v) is 4.89. The summed E-state index contributed by atoms with van der Waals surface area (Å²) in [5, 5.41) is 1.85. The molecule has 0 aromatic heterocycles. The molecule has 0 nitrogen and oxygen atoms in total. The molecule has 1 heteroatoms. The van der Waals surface area contributed by atoms with E-state index in [0.717, 1.165) is 0 Å². The fraction of sp³-hybridized carbons (Fsp3) is 0.846. The first-order valence-electron chi connectivity index (χ1n) is 6.61. The van der Waals surface area contributed by atoms with E-state index in [0.29, 0.717) is 0 Å². The number of hydrogen-bond donors (Lipinski definition) is 0. The molecule has 1 rings (SSSR count). The van der Waals surface area contributed by atoms with Crippen LogP contribution in [0.2, 0.25) is 6.55 Å². The molecule has 0 saturated carbocycles. The molecule has 0 saturated heterocycles. The van der Waals surface area contributed by atoms with Crippen LogP contribution in [-0.4, -0.2) is 9.52 Å². The second-order valence-electron chi connectivity index (χ2n) is 4.58. The molecule has 82 valence electrons. The lowest BCUT2D eigenvalue weighted by atomic mass is 10.0. The molecule has 0 N–H and O–H groups in total. The molecular weight excluding hydrogens is 184 g/mol. The van der Waals surface area contributed by atoms with Gasteiger partial charge in [-0.1, -0.05) is 56.3 Å². The highest BCUT2D eigenvalue weighted by Gasteiger charge is 1.98. The van der Waals surface area contributed by atoms with Crippen molar-refractivity contribution in [2.24, 2.45) is 0 Å². The summed E-state index contributed by atoms with van der Waals surface area (Å²) in [5.41, 5.74) is 0. The molecule has 0 heterocycles. The van der Waals surface area contributed by atoms with Crippen molar-refractivity contribution < 1.29 is 0 Å². The first kappa shape index (κ1) is 12.0. The predicted octanol–water partition coefficient (Wildman–Crippen LogP) is 4.00. The van der Waals surface area contributed by atoms with E-state index in [1.54, 1.807) is 0 Å². The van der Waals surface area contributed by atoms with Gasteiger partial charge < -0.3 is 0 Å². The van der Waals surface area contributed by atoms with Gasteiger partial charge in [-0.15, -0.1) is 0 Å². The van der Waals surface area contributed by atoms with Gasteiger partial charge in [0.1, 0.15) is 0 Å². The van der Waals surface area contributed by atoms with Crippen LogP contribution >= 0.6 is 0 Å². The zero-order valence-electron chi connectivity index (χ0n) is 9.86. The Morgan fingerprint density at radius 2 is 1.43 bits per heavy atom. The van der Waals surface area contributed by atoms with E-state index < -0.39 is 0 Å². The summed E-state index contributed by atoms with van der Waals surface area (Å²) in [6.45, 7) is 2.44. The van der Waals surface area contributed by atoms with E-state index in [1.165, 1.54) is 64.2 Å². The molecule has 0 aliphatic heterocycles. The summed E-state index contributed by atoms with van der Waals surface area (Å²) < 4.78 is 0. The van der Waals surface area contributed by atoms with E-state index in [-0.39, 0.29) is 9.52 Å². The third-order valence-electron chi connectivity index (χ3n) is 3.34. The van der Waals surface area contributed by atoms with Gasteiger partial charge in [-0.25, -0.2) is 0 Å². The van der Waals surface area contributed by atoms with Crippen molar-refractivity contribution in [3.05, 3.63) is 11.3 Å². The molecule has 0 atom stereocenters. The van der Waals surface area contributed by atoms with Gasteiger partial charge in [0.05, 0.1) is 0 Å². The zero-order valence-corrected chi connectivity index (χ0v) is 11.3. The topological polar surface area (TPSA) is 0 Å². The lowest BCUT2D eigenvalue weighted by Gasteiger charge is -2.07. The molecule has 0 unspecified atom stereocenters. The van der Waals surface area contributed by atoms with Crippen LogP contribution in [0.25, 0.3) is 0 Å². The Morgan fingerprint density at radius 3 is 2.07 bits per heavy atom. The minimum absolute atomic E-state index is 0.145. The van der Waals surface area contributed by atoms with Crippen LogP contribution in [0.4, 0.5) is 0 Å². The standard InChI is InChI=1S/C13H26Si/c1-14-13-11-9-7-5-3-2-4-6-8-10-12-13/h11H,2-10,12,14H2,1H3. The Labute approximate surface area is 92.0 Å². The van der Waals surface area contributed by atoms with Gasteiger partial charge in [-0.05, 0) is 25.7 Å². The highest BCUT2D eigenvalue weighted by Crippen LogP contribution is 2.16. The summed E-state index contributed by atoms with van der Waals surface area (Å²) in [4.78, 5) is 0.